The molecular weight excluding hydrogens is 362 g/mol. The predicted molar refractivity (Wildman–Crippen MR) is 111 cm³/mol. The molecule has 0 fully saturated rings. The van der Waals surface area contributed by atoms with Crippen molar-refractivity contribution in [1.29, 1.82) is 0 Å². The Morgan fingerprint density at radius 2 is 1.90 bits per heavy atom. The number of carbonyl (C=O) groups is 2. The lowest BCUT2D eigenvalue weighted by molar-refractivity contribution is -0.122. The quantitative estimate of drug-likeness (QED) is 0.702. The van der Waals surface area contributed by atoms with E-state index in [4.69, 9.17) is 0 Å². The van der Waals surface area contributed by atoms with Crippen LogP contribution in [0.3, 0.4) is 0 Å². The standard InChI is InChI=1S/C24H23N3O2/c1-17-8-10-19(11-9-17)22(13-23(28)26-15-18-5-4-12-25-14-18)27-16-20-6-2-3-7-21(20)24(27)29/h2-12,14,22H,13,15-16H2,1H3,(H,26,28)/t22-/m1/s1. The second kappa shape index (κ2) is 8.27. The minimum Gasteiger partial charge on any atom is -0.352 e. The van der Waals surface area contributed by atoms with Crippen LogP contribution in [0.25, 0.3) is 0 Å². The summed E-state index contributed by atoms with van der Waals surface area (Å²) < 4.78 is 0. The Morgan fingerprint density at radius 1 is 1.10 bits per heavy atom. The molecule has 2 amide bonds. The Labute approximate surface area is 170 Å². The Hall–Kier alpha value is -3.47. The number of fused-ring (bicyclic) bond motifs is 1. The van der Waals surface area contributed by atoms with E-state index in [2.05, 4.69) is 10.3 Å². The fourth-order valence-corrected chi connectivity index (χ4v) is 3.68. The molecule has 1 aliphatic heterocycles. The van der Waals surface area contributed by atoms with Crippen LogP contribution in [0.15, 0.2) is 73.1 Å². The van der Waals surface area contributed by atoms with Crippen molar-refractivity contribution < 1.29 is 9.59 Å². The van der Waals surface area contributed by atoms with E-state index in [0.717, 1.165) is 27.8 Å². The summed E-state index contributed by atoms with van der Waals surface area (Å²) in [6.45, 7) is 2.96. The van der Waals surface area contributed by atoms with Crippen LogP contribution in [-0.2, 0) is 17.9 Å². The highest BCUT2D eigenvalue weighted by atomic mass is 16.2. The molecule has 1 N–H and O–H groups in total. The highest BCUT2D eigenvalue weighted by Gasteiger charge is 2.34. The van der Waals surface area contributed by atoms with E-state index in [1.54, 1.807) is 17.3 Å². The molecule has 0 spiro atoms. The number of aromatic nitrogens is 1. The first-order valence-electron chi connectivity index (χ1n) is 9.73. The van der Waals surface area contributed by atoms with E-state index < -0.39 is 0 Å². The molecule has 4 rings (SSSR count). The van der Waals surface area contributed by atoms with Crippen LogP contribution >= 0.6 is 0 Å². The SMILES string of the molecule is Cc1ccc([C@@H](CC(=O)NCc2cccnc2)N2Cc3ccccc3C2=O)cc1. The van der Waals surface area contributed by atoms with Gasteiger partial charge in [0.15, 0.2) is 0 Å². The molecule has 0 saturated heterocycles. The first-order valence-corrected chi connectivity index (χ1v) is 9.73. The summed E-state index contributed by atoms with van der Waals surface area (Å²) in [7, 11) is 0. The van der Waals surface area contributed by atoms with E-state index >= 15 is 0 Å². The summed E-state index contributed by atoms with van der Waals surface area (Å²) in [5.74, 6) is -0.116. The van der Waals surface area contributed by atoms with Crippen molar-refractivity contribution in [2.75, 3.05) is 0 Å². The van der Waals surface area contributed by atoms with Crippen molar-refractivity contribution in [2.24, 2.45) is 0 Å². The molecule has 5 nitrogen and oxygen atoms in total. The molecule has 29 heavy (non-hydrogen) atoms. The number of rotatable bonds is 6. The lowest BCUT2D eigenvalue weighted by Crippen LogP contribution is -2.34. The van der Waals surface area contributed by atoms with Gasteiger partial charge in [0, 0.05) is 31.0 Å². The first kappa shape index (κ1) is 18.9. The second-order valence-electron chi connectivity index (χ2n) is 7.36. The van der Waals surface area contributed by atoms with Gasteiger partial charge in [0.25, 0.3) is 5.91 Å². The molecular formula is C24H23N3O2. The molecule has 0 unspecified atom stereocenters. The monoisotopic (exact) mass is 385 g/mol. The minimum absolute atomic E-state index is 0.0220. The summed E-state index contributed by atoms with van der Waals surface area (Å²) in [4.78, 5) is 31.6. The van der Waals surface area contributed by atoms with Crippen LogP contribution in [0.5, 0.6) is 0 Å². The van der Waals surface area contributed by atoms with E-state index in [1.165, 1.54) is 0 Å². The molecule has 0 bridgehead atoms. The number of hydrogen-bond acceptors (Lipinski definition) is 3. The number of pyridine rings is 1. The molecule has 1 aliphatic rings. The smallest absolute Gasteiger partial charge is 0.255 e. The van der Waals surface area contributed by atoms with Crippen molar-refractivity contribution in [1.82, 2.24) is 15.2 Å². The fourth-order valence-electron chi connectivity index (χ4n) is 3.68. The molecule has 0 saturated carbocycles. The summed E-state index contributed by atoms with van der Waals surface area (Å²) in [5, 5.41) is 2.95. The number of nitrogens with one attached hydrogen (secondary N) is 1. The minimum atomic E-state index is -0.315. The number of aryl methyl sites for hydroxylation is 1. The van der Waals surface area contributed by atoms with Crippen LogP contribution < -0.4 is 5.32 Å². The topological polar surface area (TPSA) is 62.3 Å². The summed E-state index contributed by atoms with van der Waals surface area (Å²) in [5.41, 5.74) is 4.78. The third-order valence-electron chi connectivity index (χ3n) is 5.28. The molecule has 2 aromatic carbocycles. The molecule has 5 heteroatoms. The maximum Gasteiger partial charge on any atom is 0.255 e. The van der Waals surface area contributed by atoms with Crippen LogP contribution in [0, 0.1) is 6.92 Å². The third kappa shape index (κ3) is 4.19. The molecule has 146 valence electrons. The number of nitrogens with zero attached hydrogens (tertiary/aromatic N) is 2. The van der Waals surface area contributed by atoms with Crippen molar-refractivity contribution in [3.8, 4) is 0 Å². The lowest BCUT2D eigenvalue weighted by atomic mass is 10.00. The molecule has 2 heterocycles. The van der Waals surface area contributed by atoms with E-state index in [1.807, 2.05) is 67.6 Å². The van der Waals surface area contributed by atoms with Crippen molar-refractivity contribution >= 4 is 11.8 Å². The summed E-state index contributed by atoms with van der Waals surface area (Å²) in [6.07, 6.45) is 3.65. The summed E-state index contributed by atoms with van der Waals surface area (Å²) in [6, 6.07) is 19.1. The van der Waals surface area contributed by atoms with Gasteiger partial charge >= 0.3 is 0 Å². The highest BCUT2D eigenvalue weighted by molar-refractivity contribution is 5.98. The number of hydrogen-bond donors (Lipinski definition) is 1. The molecule has 3 aromatic rings. The highest BCUT2D eigenvalue weighted by Crippen LogP contribution is 2.33. The molecule has 1 aromatic heterocycles. The number of amides is 2. The zero-order chi connectivity index (χ0) is 20.2. The van der Waals surface area contributed by atoms with Gasteiger partial charge in [-0.05, 0) is 35.7 Å². The van der Waals surface area contributed by atoms with Gasteiger partial charge < -0.3 is 10.2 Å². The van der Waals surface area contributed by atoms with Crippen LogP contribution in [0.2, 0.25) is 0 Å². The van der Waals surface area contributed by atoms with Gasteiger partial charge in [0.1, 0.15) is 0 Å². The first-order chi connectivity index (χ1) is 14.1. The third-order valence-corrected chi connectivity index (χ3v) is 5.28. The van der Waals surface area contributed by atoms with E-state index in [9.17, 15) is 9.59 Å². The van der Waals surface area contributed by atoms with Gasteiger partial charge in [-0.1, -0.05) is 54.1 Å². The van der Waals surface area contributed by atoms with Crippen molar-refractivity contribution in [2.45, 2.75) is 32.5 Å². The van der Waals surface area contributed by atoms with Crippen molar-refractivity contribution in [3.05, 3.63) is 101 Å². The molecule has 0 radical (unpaired) electrons. The second-order valence-corrected chi connectivity index (χ2v) is 7.36. The predicted octanol–water partition coefficient (Wildman–Crippen LogP) is 3.79. The Balaban J connectivity index is 1.54. The van der Waals surface area contributed by atoms with Gasteiger partial charge in [-0.2, -0.15) is 0 Å². The lowest BCUT2D eigenvalue weighted by Gasteiger charge is -2.28. The van der Waals surface area contributed by atoms with Crippen LogP contribution in [0.1, 0.15) is 45.1 Å². The van der Waals surface area contributed by atoms with Gasteiger partial charge in [-0.15, -0.1) is 0 Å². The maximum absolute atomic E-state index is 13.0. The maximum atomic E-state index is 13.0. The van der Waals surface area contributed by atoms with E-state index in [0.29, 0.717) is 13.1 Å². The largest absolute Gasteiger partial charge is 0.352 e. The molecule has 0 aliphatic carbocycles. The van der Waals surface area contributed by atoms with Gasteiger partial charge in [0.05, 0.1) is 12.5 Å². The van der Waals surface area contributed by atoms with Crippen LogP contribution in [-0.4, -0.2) is 21.7 Å². The van der Waals surface area contributed by atoms with Gasteiger partial charge in [0.2, 0.25) is 5.91 Å². The molecule has 1 atom stereocenters. The van der Waals surface area contributed by atoms with E-state index in [-0.39, 0.29) is 24.3 Å². The zero-order valence-corrected chi connectivity index (χ0v) is 16.3. The summed E-state index contributed by atoms with van der Waals surface area (Å²) >= 11 is 0. The van der Waals surface area contributed by atoms with Gasteiger partial charge in [-0.3, -0.25) is 14.6 Å². The zero-order valence-electron chi connectivity index (χ0n) is 16.3. The Bertz CT molecular complexity index is 1020. The number of carbonyl (C=O) groups excluding carboxylic acids is 2. The Morgan fingerprint density at radius 3 is 2.62 bits per heavy atom. The number of benzene rings is 2. The Kier molecular flexibility index (Phi) is 5.38. The van der Waals surface area contributed by atoms with Crippen LogP contribution in [0.4, 0.5) is 0 Å². The average molecular weight is 385 g/mol. The average Bonchev–Trinajstić information content (AvgIpc) is 3.08. The van der Waals surface area contributed by atoms with Gasteiger partial charge in [-0.25, -0.2) is 0 Å². The fraction of sp³-hybridized carbons (Fsp3) is 0.208. The van der Waals surface area contributed by atoms with Crippen molar-refractivity contribution in [3.63, 3.8) is 0 Å². The normalized spacial score (nSPS) is 13.8.